The van der Waals surface area contributed by atoms with Gasteiger partial charge in [-0.25, -0.2) is 4.79 Å². The number of rotatable bonds is 4. The van der Waals surface area contributed by atoms with E-state index in [0.29, 0.717) is 17.9 Å². The van der Waals surface area contributed by atoms with Crippen LogP contribution in [0.3, 0.4) is 0 Å². The summed E-state index contributed by atoms with van der Waals surface area (Å²) in [5.74, 6) is -0.361. The van der Waals surface area contributed by atoms with Crippen LogP contribution in [-0.2, 0) is 4.74 Å². The van der Waals surface area contributed by atoms with Crippen molar-refractivity contribution in [2.45, 2.75) is 6.92 Å². The monoisotopic (exact) mass is 256 g/mol. The van der Waals surface area contributed by atoms with Crippen molar-refractivity contribution in [3.63, 3.8) is 0 Å². The van der Waals surface area contributed by atoms with Crippen LogP contribution in [0.5, 0.6) is 0 Å². The van der Waals surface area contributed by atoms with Crippen LogP contribution in [0.1, 0.15) is 17.3 Å². The third kappa shape index (κ3) is 3.25. The number of ether oxygens (including phenoxy) is 1. The molecule has 0 amide bonds. The van der Waals surface area contributed by atoms with Crippen molar-refractivity contribution >= 4 is 23.0 Å². The Morgan fingerprint density at radius 1 is 1.21 bits per heavy atom. The summed E-state index contributed by atoms with van der Waals surface area (Å²) in [5, 5.41) is 3.19. The van der Waals surface area contributed by atoms with Gasteiger partial charge in [-0.15, -0.1) is 0 Å². The smallest absolute Gasteiger partial charge is 0.338 e. The molecule has 0 aliphatic heterocycles. The van der Waals surface area contributed by atoms with Crippen molar-refractivity contribution in [2.75, 3.05) is 17.7 Å². The quantitative estimate of drug-likeness (QED) is 0.651. The van der Waals surface area contributed by atoms with Gasteiger partial charge < -0.3 is 15.8 Å². The average Bonchev–Trinajstić information content (AvgIpc) is 2.42. The fraction of sp³-hybridized carbons (Fsp3) is 0.133. The van der Waals surface area contributed by atoms with Gasteiger partial charge in [-0.3, -0.25) is 0 Å². The summed E-state index contributed by atoms with van der Waals surface area (Å²) in [7, 11) is 0. The van der Waals surface area contributed by atoms with Crippen LogP contribution in [0.4, 0.5) is 17.1 Å². The number of nitrogen functional groups attached to an aromatic ring is 1. The summed E-state index contributed by atoms with van der Waals surface area (Å²) in [6.07, 6.45) is 0. The van der Waals surface area contributed by atoms with Gasteiger partial charge in [-0.1, -0.05) is 18.2 Å². The second-order valence-corrected chi connectivity index (χ2v) is 4.01. The second kappa shape index (κ2) is 5.91. The van der Waals surface area contributed by atoms with Crippen LogP contribution < -0.4 is 11.1 Å². The second-order valence-electron chi connectivity index (χ2n) is 4.01. The SMILES string of the molecule is CCOC(=O)c1ccc(Nc2ccccc2)c(N)c1. The first-order chi connectivity index (χ1) is 9.20. The number of esters is 1. The summed E-state index contributed by atoms with van der Waals surface area (Å²) in [6, 6.07) is 14.8. The topological polar surface area (TPSA) is 64.3 Å². The minimum absolute atomic E-state index is 0.350. The molecule has 0 unspecified atom stereocenters. The van der Waals surface area contributed by atoms with Gasteiger partial charge in [0, 0.05) is 5.69 Å². The molecule has 0 fully saturated rings. The zero-order valence-corrected chi connectivity index (χ0v) is 10.7. The van der Waals surface area contributed by atoms with Crippen LogP contribution in [0.25, 0.3) is 0 Å². The van der Waals surface area contributed by atoms with Crippen molar-refractivity contribution < 1.29 is 9.53 Å². The number of nitrogens with one attached hydrogen (secondary N) is 1. The molecule has 2 rings (SSSR count). The molecule has 0 aliphatic carbocycles. The van der Waals surface area contributed by atoms with Crippen molar-refractivity contribution in [3.05, 3.63) is 54.1 Å². The summed E-state index contributed by atoms with van der Waals surface area (Å²) >= 11 is 0. The molecule has 0 bridgehead atoms. The van der Waals surface area contributed by atoms with Gasteiger partial charge in [0.1, 0.15) is 0 Å². The Hall–Kier alpha value is -2.49. The van der Waals surface area contributed by atoms with E-state index in [-0.39, 0.29) is 5.97 Å². The van der Waals surface area contributed by atoms with Gasteiger partial charge in [0.15, 0.2) is 0 Å². The number of anilines is 3. The first kappa shape index (κ1) is 13.0. The molecule has 19 heavy (non-hydrogen) atoms. The van der Waals surface area contributed by atoms with Crippen LogP contribution >= 0.6 is 0 Å². The predicted octanol–water partition coefficient (Wildman–Crippen LogP) is 3.19. The van der Waals surface area contributed by atoms with Gasteiger partial charge in [0.05, 0.1) is 23.5 Å². The Balaban J connectivity index is 2.18. The van der Waals surface area contributed by atoms with Crippen LogP contribution in [0.15, 0.2) is 48.5 Å². The Bertz CT molecular complexity index is 568. The lowest BCUT2D eigenvalue weighted by Crippen LogP contribution is -2.06. The molecule has 98 valence electrons. The van der Waals surface area contributed by atoms with E-state index in [2.05, 4.69) is 5.32 Å². The zero-order valence-electron chi connectivity index (χ0n) is 10.7. The molecule has 0 atom stereocenters. The Morgan fingerprint density at radius 2 is 1.95 bits per heavy atom. The molecule has 2 aromatic rings. The minimum Gasteiger partial charge on any atom is -0.462 e. The molecule has 4 heteroatoms. The molecule has 2 aromatic carbocycles. The van der Waals surface area contributed by atoms with E-state index in [9.17, 15) is 4.79 Å². The number of carbonyl (C=O) groups excluding carboxylic acids is 1. The van der Waals surface area contributed by atoms with Gasteiger partial charge in [0.2, 0.25) is 0 Å². The van der Waals surface area contributed by atoms with Gasteiger partial charge in [-0.2, -0.15) is 0 Å². The molecule has 0 aliphatic rings. The summed E-state index contributed by atoms with van der Waals surface area (Å²) in [4.78, 5) is 11.6. The van der Waals surface area contributed by atoms with Crippen molar-refractivity contribution in [2.24, 2.45) is 0 Å². The van der Waals surface area contributed by atoms with Crippen molar-refractivity contribution in [1.82, 2.24) is 0 Å². The molecular formula is C15H16N2O2. The van der Waals surface area contributed by atoms with Crippen molar-refractivity contribution in [1.29, 1.82) is 0 Å². The van der Waals surface area contributed by atoms with E-state index >= 15 is 0 Å². The Kier molecular flexibility index (Phi) is 4.03. The highest BCUT2D eigenvalue weighted by molar-refractivity contribution is 5.92. The number of nitrogens with two attached hydrogens (primary N) is 1. The lowest BCUT2D eigenvalue weighted by Gasteiger charge is -2.10. The normalized spacial score (nSPS) is 9.95. The van der Waals surface area contributed by atoms with Gasteiger partial charge in [0.25, 0.3) is 0 Å². The number of hydrogen-bond acceptors (Lipinski definition) is 4. The van der Waals surface area contributed by atoms with Gasteiger partial charge >= 0.3 is 5.97 Å². The standard InChI is InChI=1S/C15H16N2O2/c1-2-19-15(18)11-8-9-14(13(16)10-11)17-12-6-4-3-5-7-12/h3-10,17H,2,16H2,1H3. The van der Waals surface area contributed by atoms with E-state index in [1.165, 1.54) is 0 Å². The largest absolute Gasteiger partial charge is 0.462 e. The highest BCUT2D eigenvalue weighted by atomic mass is 16.5. The molecule has 0 aromatic heterocycles. The maximum Gasteiger partial charge on any atom is 0.338 e. The molecule has 4 nitrogen and oxygen atoms in total. The summed E-state index contributed by atoms with van der Waals surface area (Å²) in [6.45, 7) is 2.12. The van der Waals surface area contributed by atoms with Crippen molar-refractivity contribution in [3.8, 4) is 0 Å². The fourth-order valence-corrected chi connectivity index (χ4v) is 1.69. The molecule has 3 N–H and O–H groups in total. The number of hydrogen-bond donors (Lipinski definition) is 2. The summed E-state index contributed by atoms with van der Waals surface area (Å²) < 4.78 is 4.93. The average molecular weight is 256 g/mol. The van der Waals surface area contributed by atoms with Crippen LogP contribution in [0.2, 0.25) is 0 Å². The van der Waals surface area contributed by atoms with E-state index in [4.69, 9.17) is 10.5 Å². The van der Waals surface area contributed by atoms with E-state index < -0.39 is 0 Å². The molecule has 0 heterocycles. The molecular weight excluding hydrogens is 240 g/mol. The lowest BCUT2D eigenvalue weighted by atomic mass is 10.1. The molecule has 0 radical (unpaired) electrons. The van der Waals surface area contributed by atoms with Gasteiger partial charge in [-0.05, 0) is 37.3 Å². The number of carbonyl (C=O) groups is 1. The number of benzene rings is 2. The third-order valence-corrected chi connectivity index (χ3v) is 2.62. The van der Waals surface area contributed by atoms with E-state index in [0.717, 1.165) is 11.4 Å². The maximum absolute atomic E-state index is 11.6. The Labute approximate surface area is 112 Å². The predicted molar refractivity (Wildman–Crippen MR) is 76.5 cm³/mol. The number of para-hydroxylation sites is 1. The summed E-state index contributed by atoms with van der Waals surface area (Å²) in [5.41, 5.74) is 8.60. The molecule has 0 spiro atoms. The molecule has 0 saturated carbocycles. The minimum atomic E-state index is -0.361. The van der Waals surface area contributed by atoms with E-state index in [1.54, 1.807) is 25.1 Å². The van der Waals surface area contributed by atoms with Crippen LogP contribution in [0, 0.1) is 0 Å². The zero-order chi connectivity index (χ0) is 13.7. The van der Waals surface area contributed by atoms with Crippen LogP contribution in [-0.4, -0.2) is 12.6 Å². The first-order valence-corrected chi connectivity index (χ1v) is 6.09. The fourth-order valence-electron chi connectivity index (χ4n) is 1.69. The highest BCUT2D eigenvalue weighted by Crippen LogP contribution is 2.24. The first-order valence-electron chi connectivity index (χ1n) is 6.09. The third-order valence-electron chi connectivity index (χ3n) is 2.62. The highest BCUT2D eigenvalue weighted by Gasteiger charge is 2.08. The molecule has 0 saturated heterocycles. The Morgan fingerprint density at radius 3 is 2.58 bits per heavy atom. The lowest BCUT2D eigenvalue weighted by molar-refractivity contribution is 0.0526. The maximum atomic E-state index is 11.6. The van der Waals surface area contributed by atoms with E-state index in [1.807, 2.05) is 30.3 Å².